The van der Waals surface area contributed by atoms with E-state index in [9.17, 15) is 17.4 Å². The third kappa shape index (κ3) is 10.0. The van der Waals surface area contributed by atoms with Crippen LogP contribution >= 0.6 is 0 Å². The van der Waals surface area contributed by atoms with Gasteiger partial charge in [0, 0.05) is 17.1 Å². The number of carboxylic acids is 1. The summed E-state index contributed by atoms with van der Waals surface area (Å²) in [5.74, 6) is -0.183. The first-order valence-electron chi connectivity index (χ1n) is 8.98. The van der Waals surface area contributed by atoms with Gasteiger partial charge in [-0.3, -0.25) is 13.6 Å². The highest BCUT2D eigenvalue weighted by Crippen LogP contribution is 2.15. The minimum absolute atomic E-state index is 0.193. The van der Waals surface area contributed by atoms with Gasteiger partial charge >= 0.3 is 5.97 Å². The average molecular weight is 405 g/mol. The Morgan fingerprint density at radius 1 is 0.846 bits per heavy atom. The van der Waals surface area contributed by atoms with E-state index in [1.54, 1.807) is 0 Å². The van der Waals surface area contributed by atoms with Gasteiger partial charge in [-0.15, -0.1) is 0 Å². The van der Waals surface area contributed by atoms with Crippen LogP contribution in [0.2, 0.25) is 0 Å². The molecule has 0 bridgehead atoms. The topological polar surface area (TPSA) is 109 Å². The molecule has 0 aromatic heterocycles. The number of carboxylic acid groups (broad SMARTS) is 1. The Kier molecular flexibility index (Phi) is 10.7. The van der Waals surface area contributed by atoms with Crippen LogP contribution in [0.1, 0.15) is 64.2 Å². The van der Waals surface area contributed by atoms with Crippen molar-refractivity contribution in [1.82, 2.24) is 0 Å². The van der Waals surface area contributed by atoms with Gasteiger partial charge in [0.25, 0.3) is 10.1 Å². The lowest BCUT2D eigenvalue weighted by Crippen LogP contribution is -2.01. The van der Waals surface area contributed by atoms with Crippen LogP contribution in [0.3, 0.4) is 0 Å². The average Bonchev–Trinajstić information content (AvgIpc) is 2.58. The quantitative estimate of drug-likeness (QED) is 0.358. The molecule has 1 aromatic rings. The smallest absolute Gasteiger partial charge is 0.303 e. The zero-order chi connectivity index (χ0) is 19.4. The van der Waals surface area contributed by atoms with Crippen LogP contribution in [0.4, 0.5) is 0 Å². The summed E-state index contributed by atoms with van der Waals surface area (Å²) >= 11 is 0. The van der Waals surface area contributed by atoms with Crippen molar-refractivity contribution in [2.24, 2.45) is 0 Å². The van der Waals surface area contributed by atoms with E-state index >= 15 is 0 Å². The van der Waals surface area contributed by atoms with Crippen LogP contribution in [0.15, 0.2) is 34.1 Å². The van der Waals surface area contributed by atoms with Crippen molar-refractivity contribution in [3.8, 4) is 0 Å². The zero-order valence-corrected chi connectivity index (χ0v) is 16.6. The largest absolute Gasteiger partial charge is 0.481 e. The van der Waals surface area contributed by atoms with Gasteiger partial charge in [0.05, 0.1) is 15.7 Å². The maximum Gasteiger partial charge on any atom is 0.303 e. The summed E-state index contributed by atoms with van der Waals surface area (Å²) in [6.45, 7) is 0. The van der Waals surface area contributed by atoms with Crippen molar-refractivity contribution >= 4 is 26.9 Å². The molecule has 0 amide bonds. The van der Waals surface area contributed by atoms with Crippen LogP contribution in [-0.4, -0.2) is 34.0 Å². The Hall–Kier alpha value is -1.25. The Morgan fingerprint density at radius 3 is 1.77 bits per heavy atom. The summed E-state index contributed by atoms with van der Waals surface area (Å²) in [7, 11) is -5.37. The fourth-order valence-corrected chi connectivity index (χ4v) is 4.25. The van der Waals surface area contributed by atoms with Crippen LogP contribution in [0, 0.1) is 0 Å². The van der Waals surface area contributed by atoms with Crippen molar-refractivity contribution in [2.45, 2.75) is 74.0 Å². The van der Waals surface area contributed by atoms with Gasteiger partial charge < -0.3 is 5.11 Å². The fourth-order valence-electron chi connectivity index (χ4n) is 2.63. The third-order valence-corrected chi connectivity index (χ3v) is 6.43. The molecular formula is C18H28O6S2. The van der Waals surface area contributed by atoms with Crippen LogP contribution in [0.5, 0.6) is 0 Å². The number of hydrogen-bond acceptors (Lipinski definition) is 4. The molecule has 0 heterocycles. The predicted molar refractivity (Wildman–Crippen MR) is 101 cm³/mol. The van der Waals surface area contributed by atoms with E-state index in [1.807, 2.05) is 0 Å². The molecule has 0 saturated heterocycles. The molecule has 0 fully saturated rings. The second-order valence-corrected chi connectivity index (χ2v) is 9.31. The van der Waals surface area contributed by atoms with Crippen molar-refractivity contribution in [3.05, 3.63) is 24.3 Å². The molecule has 0 radical (unpaired) electrons. The lowest BCUT2D eigenvalue weighted by Gasteiger charge is -2.04. The number of rotatable bonds is 14. The lowest BCUT2D eigenvalue weighted by molar-refractivity contribution is -0.137. The Balaban J connectivity index is 2.07. The molecule has 8 heteroatoms. The first-order chi connectivity index (χ1) is 12.3. The molecule has 1 rings (SSSR count). The zero-order valence-electron chi connectivity index (χ0n) is 14.9. The van der Waals surface area contributed by atoms with E-state index in [2.05, 4.69) is 0 Å². The number of hydrogen-bond donors (Lipinski definition) is 2. The summed E-state index contributed by atoms with van der Waals surface area (Å²) < 4.78 is 43.0. The molecule has 6 nitrogen and oxygen atoms in total. The normalized spacial score (nSPS) is 12.8. The van der Waals surface area contributed by atoms with E-state index in [-0.39, 0.29) is 11.3 Å². The monoisotopic (exact) mass is 404 g/mol. The van der Waals surface area contributed by atoms with E-state index in [0.29, 0.717) is 10.6 Å². The summed E-state index contributed by atoms with van der Waals surface area (Å²) in [4.78, 5) is 10.7. The summed E-state index contributed by atoms with van der Waals surface area (Å²) in [6.07, 6.45) is 9.43. The molecule has 0 spiro atoms. The molecule has 1 aromatic carbocycles. The molecule has 0 aliphatic carbocycles. The molecule has 26 heavy (non-hydrogen) atoms. The van der Waals surface area contributed by atoms with E-state index in [0.717, 1.165) is 57.8 Å². The number of unbranched alkanes of at least 4 members (excludes halogenated alkanes) is 8. The molecule has 2 N–H and O–H groups in total. The van der Waals surface area contributed by atoms with Crippen molar-refractivity contribution in [1.29, 1.82) is 0 Å². The maximum absolute atomic E-state index is 12.1. The van der Waals surface area contributed by atoms with E-state index in [4.69, 9.17) is 9.66 Å². The summed E-state index contributed by atoms with van der Waals surface area (Å²) in [5, 5.41) is 8.54. The van der Waals surface area contributed by atoms with Gasteiger partial charge in [0.2, 0.25) is 0 Å². The Bertz CT molecular complexity index is 667. The Labute approximate surface area is 158 Å². The number of aliphatic carboxylic acids is 1. The number of benzene rings is 1. The van der Waals surface area contributed by atoms with Crippen LogP contribution in [0.25, 0.3) is 0 Å². The van der Waals surface area contributed by atoms with Gasteiger partial charge in [-0.25, -0.2) is 0 Å². The Morgan fingerprint density at radius 2 is 1.31 bits per heavy atom. The molecule has 0 aliphatic rings. The third-order valence-electron chi connectivity index (χ3n) is 4.10. The molecule has 1 atom stereocenters. The molecule has 1 unspecified atom stereocenters. The highest BCUT2D eigenvalue weighted by atomic mass is 32.2. The lowest BCUT2D eigenvalue weighted by atomic mass is 10.1. The van der Waals surface area contributed by atoms with E-state index in [1.165, 1.54) is 24.3 Å². The molecular weight excluding hydrogens is 376 g/mol. The van der Waals surface area contributed by atoms with Gasteiger partial charge in [-0.2, -0.15) is 8.42 Å². The standard InChI is InChI=1S/C18H28O6S2/c19-18(20)10-8-6-4-2-1-3-5-7-9-15-25(21)16-11-13-17(14-12-16)26(22,23)24/h11-14H,1-10,15H2,(H,19,20)(H,22,23,24). The highest BCUT2D eigenvalue weighted by Gasteiger charge is 2.10. The summed E-state index contributed by atoms with van der Waals surface area (Å²) in [6, 6.07) is 5.48. The van der Waals surface area contributed by atoms with Crippen molar-refractivity contribution < 1.29 is 27.1 Å². The van der Waals surface area contributed by atoms with Crippen LogP contribution in [-0.2, 0) is 25.7 Å². The maximum atomic E-state index is 12.1. The minimum Gasteiger partial charge on any atom is -0.481 e. The van der Waals surface area contributed by atoms with Gasteiger partial charge in [0.1, 0.15) is 0 Å². The van der Waals surface area contributed by atoms with E-state index < -0.39 is 26.9 Å². The number of carbonyl (C=O) groups is 1. The highest BCUT2D eigenvalue weighted by molar-refractivity contribution is 7.86. The van der Waals surface area contributed by atoms with Crippen molar-refractivity contribution in [3.63, 3.8) is 0 Å². The molecule has 0 aliphatic heterocycles. The van der Waals surface area contributed by atoms with Gasteiger partial charge in [0.15, 0.2) is 0 Å². The van der Waals surface area contributed by atoms with Gasteiger partial charge in [-0.05, 0) is 37.1 Å². The SMILES string of the molecule is O=C(O)CCCCCCCCCCCS(=O)c1ccc(S(=O)(=O)O)cc1. The second kappa shape index (κ2) is 12.2. The second-order valence-electron chi connectivity index (χ2n) is 6.32. The minimum atomic E-state index is -4.21. The molecule has 0 saturated carbocycles. The fraction of sp³-hybridized carbons (Fsp3) is 0.611. The molecule has 148 valence electrons. The van der Waals surface area contributed by atoms with Crippen LogP contribution < -0.4 is 0 Å². The van der Waals surface area contributed by atoms with Crippen molar-refractivity contribution in [2.75, 3.05) is 5.75 Å². The predicted octanol–water partition coefficient (Wildman–Crippen LogP) is 4.03. The van der Waals surface area contributed by atoms with Gasteiger partial charge in [-0.1, -0.05) is 44.9 Å². The first-order valence-corrected chi connectivity index (χ1v) is 11.7. The summed E-state index contributed by atoms with van der Waals surface area (Å²) in [5.41, 5.74) is 0. The first kappa shape index (κ1) is 22.8.